The molecule has 0 spiro atoms. The predicted molar refractivity (Wildman–Crippen MR) is 88.7 cm³/mol. The second-order valence-electron chi connectivity index (χ2n) is 5.40. The summed E-state index contributed by atoms with van der Waals surface area (Å²) in [5.74, 6) is 1.54. The fourth-order valence-corrected chi connectivity index (χ4v) is 3.06. The van der Waals surface area contributed by atoms with Crippen molar-refractivity contribution in [3.63, 3.8) is 0 Å². The number of rotatable bonds is 5. The molecule has 0 aliphatic heterocycles. The SMILES string of the molecule is Cc1csc(CN(C)[C@@H](C)c2ncc(-c3ccccc3)o2)n1. The van der Waals surface area contributed by atoms with E-state index in [4.69, 9.17) is 4.42 Å². The van der Waals surface area contributed by atoms with Crippen LogP contribution in [0.1, 0.15) is 29.6 Å². The molecule has 0 unspecified atom stereocenters. The van der Waals surface area contributed by atoms with Gasteiger partial charge in [0.1, 0.15) is 5.01 Å². The van der Waals surface area contributed by atoms with E-state index in [-0.39, 0.29) is 6.04 Å². The van der Waals surface area contributed by atoms with E-state index in [0.29, 0.717) is 0 Å². The molecule has 1 atom stereocenters. The number of aromatic nitrogens is 2. The molecular weight excluding hydrogens is 294 g/mol. The number of aryl methyl sites for hydroxylation is 1. The third-order valence-electron chi connectivity index (χ3n) is 3.65. The topological polar surface area (TPSA) is 42.2 Å². The molecule has 0 saturated heterocycles. The molecule has 0 aliphatic carbocycles. The standard InChI is InChI=1S/C17H19N3OS/c1-12-11-22-16(19-12)10-20(3)13(2)17-18-9-15(21-17)14-7-5-4-6-8-14/h4-9,11,13H,10H2,1-3H3/t13-/m0/s1. The Morgan fingerprint density at radius 2 is 2.05 bits per heavy atom. The number of hydrogen-bond donors (Lipinski definition) is 0. The van der Waals surface area contributed by atoms with Crippen molar-refractivity contribution in [3.05, 3.63) is 58.5 Å². The van der Waals surface area contributed by atoms with Crippen LogP contribution in [0.15, 0.2) is 46.3 Å². The minimum Gasteiger partial charge on any atom is -0.439 e. The van der Waals surface area contributed by atoms with Crippen LogP contribution in [0.25, 0.3) is 11.3 Å². The molecule has 0 bridgehead atoms. The third-order valence-corrected chi connectivity index (χ3v) is 4.60. The zero-order valence-electron chi connectivity index (χ0n) is 13.0. The summed E-state index contributed by atoms with van der Waals surface area (Å²) in [7, 11) is 2.06. The fraction of sp³-hybridized carbons (Fsp3) is 0.294. The summed E-state index contributed by atoms with van der Waals surface area (Å²) < 4.78 is 5.93. The Morgan fingerprint density at radius 1 is 1.27 bits per heavy atom. The highest BCUT2D eigenvalue weighted by Gasteiger charge is 2.19. The lowest BCUT2D eigenvalue weighted by molar-refractivity contribution is 0.218. The molecule has 2 aromatic heterocycles. The summed E-state index contributed by atoms with van der Waals surface area (Å²) in [6.45, 7) is 4.91. The minimum absolute atomic E-state index is 0.0988. The Bertz CT molecular complexity index is 735. The molecule has 3 aromatic rings. The first-order chi connectivity index (χ1) is 10.6. The van der Waals surface area contributed by atoms with Gasteiger partial charge < -0.3 is 4.42 Å². The summed E-state index contributed by atoms with van der Waals surface area (Å²) in [5.41, 5.74) is 2.12. The molecule has 114 valence electrons. The molecule has 0 amide bonds. The van der Waals surface area contributed by atoms with Crippen LogP contribution in [0.2, 0.25) is 0 Å². The molecular formula is C17H19N3OS. The Hall–Kier alpha value is -1.98. The second kappa shape index (κ2) is 6.42. The lowest BCUT2D eigenvalue weighted by atomic mass is 10.2. The van der Waals surface area contributed by atoms with Crippen LogP contribution in [-0.4, -0.2) is 21.9 Å². The molecule has 5 heteroatoms. The lowest BCUT2D eigenvalue weighted by Gasteiger charge is -2.20. The largest absolute Gasteiger partial charge is 0.439 e. The molecule has 22 heavy (non-hydrogen) atoms. The zero-order valence-corrected chi connectivity index (χ0v) is 13.8. The first-order valence-corrected chi connectivity index (χ1v) is 8.14. The van der Waals surface area contributed by atoms with Crippen molar-refractivity contribution in [2.24, 2.45) is 0 Å². The van der Waals surface area contributed by atoms with Crippen LogP contribution >= 0.6 is 11.3 Å². The van der Waals surface area contributed by atoms with Crippen molar-refractivity contribution in [2.75, 3.05) is 7.05 Å². The maximum atomic E-state index is 5.93. The maximum Gasteiger partial charge on any atom is 0.211 e. The monoisotopic (exact) mass is 313 g/mol. The van der Waals surface area contributed by atoms with Crippen molar-refractivity contribution in [2.45, 2.75) is 26.4 Å². The van der Waals surface area contributed by atoms with Gasteiger partial charge in [0.25, 0.3) is 0 Å². The molecule has 1 aromatic carbocycles. The highest BCUT2D eigenvalue weighted by Crippen LogP contribution is 2.26. The van der Waals surface area contributed by atoms with Gasteiger partial charge in [0, 0.05) is 16.6 Å². The van der Waals surface area contributed by atoms with Gasteiger partial charge in [-0.05, 0) is 20.9 Å². The van der Waals surface area contributed by atoms with Crippen LogP contribution < -0.4 is 0 Å². The van der Waals surface area contributed by atoms with Crippen LogP contribution in [0.3, 0.4) is 0 Å². The van der Waals surface area contributed by atoms with Gasteiger partial charge in [0.15, 0.2) is 5.76 Å². The van der Waals surface area contributed by atoms with Gasteiger partial charge >= 0.3 is 0 Å². The summed E-state index contributed by atoms with van der Waals surface area (Å²) in [6.07, 6.45) is 1.79. The van der Waals surface area contributed by atoms with Gasteiger partial charge in [-0.25, -0.2) is 9.97 Å². The van der Waals surface area contributed by atoms with Gasteiger partial charge in [-0.1, -0.05) is 30.3 Å². The lowest BCUT2D eigenvalue weighted by Crippen LogP contribution is -2.22. The quantitative estimate of drug-likeness (QED) is 0.704. The second-order valence-corrected chi connectivity index (χ2v) is 6.35. The van der Waals surface area contributed by atoms with Crippen molar-refractivity contribution in [1.29, 1.82) is 0 Å². The van der Waals surface area contributed by atoms with E-state index in [1.54, 1.807) is 17.5 Å². The van der Waals surface area contributed by atoms with E-state index in [1.807, 2.05) is 37.3 Å². The van der Waals surface area contributed by atoms with E-state index >= 15 is 0 Å². The van der Waals surface area contributed by atoms with Crippen LogP contribution in [0, 0.1) is 6.92 Å². The van der Waals surface area contributed by atoms with Crippen LogP contribution in [0.4, 0.5) is 0 Å². The molecule has 0 aliphatic rings. The number of thiazole rings is 1. The molecule has 0 radical (unpaired) electrons. The van der Waals surface area contributed by atoms with Gasteiger partial charge in [-0.15, -0.1) is 11.3 Å². The van der Waals surface area contributed by atoms with Gasteiger partial charge in [0.2, 0.25) is 5.89 Å². The zero-order chi connectivity index (χ0) is 15.5. The normalized spacial score (nSPS) is 12.7. The number of hydrogen-bond acceptors (Lipinski definition) is 5. The molecule has 3 rings (SSSR count). The molecule has 0 N–H and O–H groups in total. The highest BCUT2D eigenvalue weighted by atomic mass is 32.1. The van der Waals surface area contributed by atoms with Crippen molar-refractivity contribution in [3.8, 4) is 11.3 Å². The molecule has 0 saturated carbocycles. The number of benzene rings is 1. The Labute approximate surface area is 134 Å². The number of nitrogens with zero attached hydrogens (tertiary/aromatic N) is 3. The average molecular weight is 313 g/mol. The van der Waals surface area contributed by atoms with Crippen LogP contribution in [-0.2, 0) is 6.54 Å². The van der Waals surface area contributed by atoms with Gasteiger partial charge in [-0.2, -0.15) is 0 Å². The first-order valence-electron chi connectivity index (χ1n) is 7.26. The van der Waals surface area contributed by atoms with E-state index in [1.165, 1.54) is 0 Å². The molecule has 0 fully saturated rings. The first kappa shape index (κ1) is 14.9. The summed E-state index contributed by atoms with van der Waals surface area (Å²) in [5, 5.41) is 3.19. The van der Waals surface area contributed by atoms with Crippen molar-refractivity contribution in [1.82, 2.24) is 14.9 Å². The van der Waals surface area contributed by atoms with Crippen molar-refractivity contribution < 1.29 is 4.42 Å². The van der Waals surface area contributed by atoms with E-state index in [9.17, 15) is 0 Å². The Balaban J connectivity index is 1.72. The minimum atomic E-state index is 0.0988. The molecule has 4 nitrogen and oxygen atoms in total. The van der Waals surface area contributed by atoms with E-state index < -0.39 is 0 Å². The van der Waals surface area contributed by atoms with Crippen LogP contribution in [0.5, 0.6) is 0 Å². The third kappa shape index (κ3) is 3.26. The van der Waals surface area contributed by atoms with Gasteiger partial charge in [0.05, 0.1) is 18.8 Å². The summed E-state index contributed by atoms with van der Waals surface area (Å²) in [6, 6.07) is 10.1. The number of oxazole rings is 1. The Morgan fingerprint density at radius 3 is 2.73 bits per heavy atom. The maximum absolute atomic E-state index is 5.93. The fourth-order valence-electron chi connectivity index (χ4n) is 2.23. The molecule has 2 heterocycles. The average Bonchev–Trinajstić information content (AvgIpc) is 3.17. The van der Waals surface area contributed by atoms with Crippen molar-refractivity contribution >= 4 is 11.3 Å². The predicted octanol–water partition coefficient (Wildman–Crippen LogP) is 4.30. The Kier molecular flexibility index (Phi) is 4.36. The summed E-state index contributed by atoms with van der Waals surface area (Å²) in [4.78, 5) is 11.1. The van der Waals surface area contributed by atoms with Gasteiger partial charge in [-0.3, -0.25) is 4.90 Å². The highest BCUT2D eigenvalue weighted by molar-refractivity contribution is 7.09. The van der Waals surface area contributed by atoms with E-state index in [0.717, 1.165) is 34.5 Å². The smallest absolute Gasteiger partial charge is 0.211 e. The van der Waals surface area contributed by atoms with E-state index in [2.05, 4.69) is 34.2 Å². The summed E-state index contributed by atoms with van der Waals surface area (Å²) >= 11 is 1.69.